The Hall–Kier alpha value is -4.84. The van der Waals surface area contributed by atoms with Crippen LogP contribution in [0.25, 0.3) is 0 Å². The van der Waals surface area contributed by atoms with E-state index in [1.54, 1.807) is 26.8 Å². The molecular formula is C33H37N4O11S2-. The summed E-state index contributed by atoms with van der Waals surface area (Å²) in [6, 6.07) is 11.1. The van der Waals surface area contributed by atoms with E-state index in [1.165, 1.54) is 42.5 Å². The number of carbonyl (C=O) groups excluding carboxylic acids is 3. The fourth-order valence-electron chi connectivity index (χ4n) is 5.28. The van der Waals surface area contributed by atoms with Gasteiger partial charge in [0.15, 0.2) is 21.4 Å². The maximum absolute atomic E-state index is 13.5. The molecule has 0 bridgehead atoms. The zero-order valence-electron chi connectivity index (χ0n) is 27.4. The zero-order chi connectivity index (χ0) is 37.0. The van der Waals surface area contributed by atoms with Gasteiger partial charge in [0.1, 0.15) is 21.8 Å². The minimum absolute atomic E-state index is 0.00976. The number of ketones is 2. The number of alkyl carbamates (subject to hydrolysis) is 1. The quantitative estimate of drug-likeness (QED) is 0.0710. The molecule has 0 aliphatic heterocycles. The van der Waals surface area contributed by atoms with Gasteiger partial charge in [0, 0.05) is 23.4 Å². The highest BCUT2D eigenvalue weighted by Crippen LogP contribution is 2.40. The third kappa shape index (κ3) is 9.03. The second kappa shape index (κ2) is 15.0. The molecule has 0 heterocycles. The first-order valence-corrected chi connectivity index (χ1v) is 18.5. The van der Waals surface area contributed by atoms with Crippen LogP contribution in [0.5, 0.6) is 0 Å². The molecule has 3 aromatic carbocycles. The number of hydrogen-bond donors (Lipinski definition) is 5. The number of rotatable bonds is 14. The van der Waals surface area contributed by atoms with Crippen LogP contribution in [0.4, 0.5) is 21.9 Å². The molecule has 0 spiro atoms. The van der Waals surface area contributed by atoms with Gasteiger partial charge in [-0.3, -0.25) is 9.59 Å². The van der Waals surface area contributed by atoms with E-state index in [1.807, 2.05) is 0 Å². The summed E-state index contributed by atoms with van der Waals surface area (Å²) >= 11 is 0. The van der Waals surface area contributed by atoms with Crippen LogP contribution in [0.2, 0.25) is 0 Å². The Morgan fingerprint density at radius 2 is 1.56 bits per heavy atom. The standard InChI is InChI=1S/C33H38N4O11S2/c1-33(2,3)48-32(42)37-23(31(40)41)13-6-7-14-35-15-16-49(43,44)20-10-8-9-19(17-20)36-24-18-25(50(45,46)47)28(34)27-26(24)29(38)21-11-4-5-12-22(21)30(27)39/h4-5,8-12,17-18,23,35-36H,6-7,13-16,34H2,1-3H3,(H,37,42)(H,40,41)(H,45,46,47)/p-1/t23-/m0/s1. The minimum Gasteiger partial charge on any atom is -0.744 e. The van der Waals surface area contributed by atoms with Gasteiger partial charge in [-0.05, 0) is 70.8 Å². The Bertz CT molecular complexity index is 2060. The van der Waals surface area contributed by atoms with Gasteiger partial charge in [-0.25, -0.2) is 26.4 Å². The summed E-state index contributed by atoms with van der Waals surface area (Å²) < 4.78 is 67.7. The Morgan fingerprint density at radius 3 is 2.16 bits per heavy atom. The summed E-state index contributed by atoms with van der Waals surface area (Å²) in [5, 5.41) is 17.5. The molecule has 0 unspecified atom stereocenters. The molecule has 0 aromatic heterocycles. The van der Waals surface area contributed by atoms with Crippen molar-refractivity contribution in [3.63, 3.8) is 0 Å². The van der Waals surface area contributed by atoms with E-state index in [4.69, 9.17) is 10.5 Å². The number of hydrogen-bond acceptors (Lipinski definition) is 13. The highest BCUT2D eigenvalue weighted by Gasteiger charge is 2.35. The van der Waals surface area contributed by atoms with Gasteiger partial charge in [-0.2, -0.15) is 0 Å². The van der Waals surface area contributed by atoms with Crippen molar-refractivity contribution in [2.75, 3.05) is 29.9 Å². The van der Waals surface area contributed by atoms with Crippen molar-refractivity contribution in [2.24, 2.45) is 0 Å². The van der Waals surface area contributed by atoms with Crippen LogP contribution in [0.1, 0.15) is 71.9 Å². The number of amides is 1. The predicted octanol–water partition coefficient (Wildman–Crippen LogP) is 3.20. The van der Waals surface area contributed by atoms with Gasteiger partial charge in [0.2, 0.25) is 0 Å². The SMILES string of the molecule is CC(C)(C)OC(=O)N[C@@H](CCCCNCCS(=O)(=O)c1cccc(Nc2cc(S(=O)(=O)[O-])c(N)c3c2C(=O)c2ccccc2C3=O)c1)C(=O)O. The highest BCUT2D eigenvalue weighted by atomic mass is 32.2. The van der Waals surface area contributed by atoms with Crippen molar-refractivity contribution in [1.29, 1.82) is 0 Å². The molecule has 0 saturated carbocycles. The molecule has 0 radical (unpaired) electrons. The third-order valence-corrected chi connectivity index (χ3v) is 10.2. The van der Waals surface area contributed by atoms with Crippen molar-refractivity contribution >= 4 is 60.6 Å². The molecule has 4 rings (SSSR count). The summed E-state index contributed by atoms with van der Waals surface area (Å²) in [5.74, 6) is -2.91. The number of aliphatic carboxylic acids is 1. The van der Waals surface area contributed by atoms with Gasteiger partial charge in [0.05, 0.1) is 38.0 Å². The molecule has 15 nitrogen and oxygen atoms in total. The summed E-state index contributed by atoms with van der Waals surface area (Å²) in [5.41, 5.74) is 3.77. The molecule has 268 valence electrons. The molecule has 0 fully saturated rings. The largest absolute Gasteiger partial charge is 0.744 e. The van der Waals surface area contributed by atoms with Gasteiger partial charge >= 0.3 is 12.1 Å². The van der Waals surface area contributed by atoms with Crippen LogP contribution < -0.4 is 21.7 Å². The number of sulfone groups is 1. The molecule has 1 atom stereocenters. The van der Waals surface area contributed by atoms with Crippen molar-refractivity contribution in [3.8, 4) is 0 Å². The molecular weight excluding hydrogens is 693 g/mol. The lowest BCUT2D eigenvalue weighted by Crippen LogP contribution is -2.43. The van der Waals surface area contributed by atoms with Gasteiger partial charge in [-0.15, -0.1) is 0 Å². The second-order valence-electron chi connectivity index (χ2n) is 12.5. The van der Waals surface area contributed by atoms with Crippen LogP contribution in [-0.2, 0) is 29.5 Å². The summed E-state index contributed by atoms with van der Waals surface area (Å²) in [6.07, 6.45) is 0.220. The number of nitrogens with two attached hydrogens (primary N) is 1. The number of benzene rings is 3. The Kier molecular flexibility index (Phi) is 11.4. The maximum atomic E-state index is 13.5. The van der Waals surface area contributed by atoms with E-state index in [9.17, 15) is 45.7 Å². The van der Waals surface area contributed by atoms with Crippen LogP contribution in [0.15, 0.2) is 64.4 Å². The number of unbranched alkanes of at least 4 members (excludes halogenated alkanes) is 1. The maximum Gasteiger partial charge on any atom is 0.408 e. The van der Waals surface area contributed by atoms with Crippen molar-refractivity contribution in [2.45, 2.75) is 61.5 Å². The first-order valence-electron chi connectivity index (χ1n) is 15.4. The van der Waals surface area contributed by atoms with E-state index < -0.39 is 71.4 Å². The lowest BCUT2D eigenvalue weighted by atomic mass is 9.82. The molecule has 1 aliphatic rings. The van der Waals surface area contributed by atoms with Gasteiger partial charge < -0.3 is 36.1 Å². The Labute approximate surface area is 289 Å². The van der Waals surface area contributed by atoms with Crippen molar-refractivity contribution in [1.82, 2.24) is 10.6 Å². The molecule has 1 aliphatic carbocycles. The monoisotopic (exact) mass is 729 g/mol. The number of nitrogens with one attached hydrogen (secondary N) is 3. The first kappa shape index (κ1) is 38.0. The molecule has 0 saturated heterocycles. The normalized spacial score (nSPS) is 13.6. The molecule has 6 N–H and O–H groups in total. The van der Waals surface area contributed by atoms with Crippen LogP contribution >= 0.6 is 0 Å². The van der Waals surface area contributed by atoms with Crippen LogP contribution in [0.3, 0.4) is 0 Å². The molecule has 50 heavy (non-hydrogen) atoms. The van der Waals surface area contributed by atoms with E-state index >= 15 is 0 Å². The van der Waals surface area contributed by atoms with Crippen molar-refractivity contribution in [3.05, 3.63) is 76.9 Å². The fraction of sp³-hybridized carbons (Fsp3) is 0.333. The highest BCUT2D eigenvalue weighted by molar-refractivity contribution is 7.91. The second-order valence-corrected chi connectivity index (χ2v) is 16.0. The minimum atomic E-state index is -5.20. The van der Waals surface area contributed by atoms with E-state index in [0.717, 1.165) is 6.07 Å². The topological polar surface area (TPSA) is 251 Å². The van der Waals surface area contributed by atoms with Crippen LogP contribution in [-0.4, -0.2) is 80.6 Å². The van der Waals surface area contributed by atoms with Gasteiger partial charge in [-0.1, -0.05) is 30.3 Å². The number of carbonyl (C=O) groups is 4. The zero-order valence-corrected chi connectivity index (χ0v) is 29.1. The lowest BCUT2D eigenvalue weighted by molar-refractivity contribution is -0.139. The fourth-order valence-corrected chi connectivity index (χ4v) is 7.15. The third-order valence-electron chi connectivity index (χ3n) is 7.57. The average Bonchev–Trinajstić information content (AvgIpc) is 3.01. The van der Waals surface area contributed by atoms with Crippen LogP contribution in [0, 0.1) is 0 Å². The smallest absolute Gasteiger partial charge is 0.408 e. The molecule has 1 amide bonds. The number of carboxylic acid groups (broad SMARTS) is 1. The average molecular weight is 730 g/mol. The molecule has 3 aromatic rings. The molecule has 17 heteroatoms. The number of nitrogen functional groups attached to an aromatic ring is 1. The lowest BCUT2D eigenvalue weighted by Gasteiger charge is -2.25. The Balaban J connectivity index is 1.42. The summed E-state index contributed by atoms with van der Waals surface area (Å²) in [4.78, 5) is 49.3. The summed E-state index contributed by atoms with van der Waals surface area (Å²) in [7, 11) is -9.06. The van der Waals surface area contributed by atoms with E-state index in [0.29, 0.717) is 19.4 Å². The number of fused-ring (bicyclic) bond motifs is 2. The van der Waals surface area contributed by atoms with E-state index in [2.05, 4.69) is 16.0 Å². The summed E-state index contributed by atoms with van der Waals surface area (Å²) in [6.45, 7) is 5.41. The van der Waals surface area contributed by atoms with Crippen molar-refractivity contribution < 1.29 is 50.4 Å². The van der Waals surface area contributed by atoms with Gasteiger partial charge in [0.25, 0.3) is 0 Å². The number of carboxylic acids is 1. The van der Waals surface area contributed by atoms with E-state index in [-0.39, 0.29) is 51.7 Å². The first-order chi connectivity index (χ1) is 23.3. The predicted molar refractivity (Wildman–Crippen MR) is 181 cm³/mol. The number of ether oxygens (including phenoxy) is 1. The number of anilines is 3. The Morgan fingerprint density at radius 1 is 0.920 bits per heavy atom.